The molecule has 1 unspecified atom stereocenters. The van der Waals surface area contributed by atoms with Gasteiger partial charge < -0.3 is 10.2 Å². The molecule has 1 N–H and O–H groups in total. The number of nitrogens with zero attached hydrogens (tertiary/aromatic N) is 1. The number of piperazine rings is 1. The largest absolute Gasteiger partial charge is 0.342 e. The van der Waals surface area contributed by atoms with E-state index in [1.807, 2.05) is 45.9 Å². The first-order valence-electron chi connectivity index (χ1n) is 7.13. The molecule has 114 valence electrons. The van der Waals surface area contributed by atoms with Gasteiger partial charge in [0.15, 0.2) is 0 Å². The molecule has 2 amide bonds. The molecule has 0 bridgehead atoms. The first-order chi connectivity index (χ1) is 9.74. The van der Waals surface area contributed by atoms with Gasteiger partial charge in [0.25, 0.3) is 5.91 Å². The number of benzene rings is 1. The number of amides is 2. The minimum absolute atomic E-state index is 0.0425. The zero-order valence-corrected chi connectivity index (χ0v) is 14.5. The Hall–Kier alpha value is -1.36. The van der Waals surface area contributed by atoms with Crippen LogP contribution < -0.4 is 10.2 Å². The molecule has 5 heteroatoms. The van der Waals surface area contributed by atoms with Crippen molar-refractivity contribution in [3.05, 3.63) is 28.2 Å². The number of hydrogen-bond acceptors (Lipinski definition) is 2. The van der Waals surface area contributed by atoms with Gasteiger partial charge in [0.05, 0.1) is 0 Å². The highest BCUT2D eigenvalue weighted by atomic mass is 79.9. The normalized spacial score (nSPS) is 19.7. The lowest BCUT2D eigenvalue weighted by Gasteiger charge is -2.39. The van der Waals surface area contributed by atoms with Crippen molar-refractivity contribution in [2.24, 2.45) is 5.41 Å². The summed E-state index contributed by atoms with van der Waals surface area (Å²) in [6.07, 6.45) is 0.806. The minimum Gasteiger partial charge on any atom is -0.342 e. The minimum atomic E-state index is -0.493. The van der Waals surface area contributed by atoms with Crippen molar-refractivity contribution in [1.82, 2.24) is 5.32 Å². The molecular formula is C16H21BrN2O2. The van der Waals surface area contributed by atoms with Gasteiger partial charge in [-0.05, 0) is 35.6 Å². The maximum atomic E-state index is 12.8. The molecule has 1 aliphatic heterocycles. The van der Waals surface area contributed by atoms with Crippen molar-refractivity contribution in [2.75, 3.05) is 11.4 Å². The summed E-state index contributed by atoms with van der Waals surface area (Å²) < 4.78 is 0.976. The van der Waals surface area contributed by atoms with Crippen LogP contribution in [0.5, 0.6) is 0 Å². The zero-order valence-electron chi connectivity index (χ0n) is 12.9. The fraction of sp³-hybridized carbons (Fsp3) is 0.500. The lowest BCUT2D eigenvalue weighted by Crippen LogP contribution is -2.62. The van der Waals surface area contributed by atoms with Crippen molar-refractivity contribution >= 4 is 33.4 Å². The van der Waals surface area contributed by atoms with E-state index >= 15 is 0 Å². The van der Waals surface area contributed by atoms with E-state index in [9.17, 15) is 9.59 Å². The zero-order chi connectivity index (χ0) is 15.8. The molecule has 1 aliphatic rings. The summed E-state index contributed by atoms with van der Waals surface area (Å²) in [6.45, 7) is 8.01. The number of carbonyl (C=O) groups excluding carboxylic acids is 2. The SMILES string of the molecule is CCc1cc(Br)ccc1N1CC(=O)NC(C(C)(C)C)C1=O. The molecule has 1 aromatic rings. The van der Waals surface area contributed by atoms with Crippen LogP contribution in [0.3, 0.4) is 0 Å². The van der Waals surface area contributed by atoms with Crippen LogP contribution in [-0.2, 0) is 16.0 Å². The summed E-state index contributed by atoms with van der Waals surface area (Å²) >= 11 is 3.45. The molecule has 1 saturated heterocycles. The van der Waals surface area contributed by atoms with Gasteiger partial charge >= 0.3 is 0 Å². The quantitative estimate of drug-likeness (QED) is 0.889. The number of aryl methyl sites for hydroxylation is 1. The van der Waals surface area contributed by atoms with Crippen molar-refractivity contribution in [3.63, 3.8) is 0 Å². The fourth-order valence-corrected chi connectivity index (χ4v) is 2.95. The van der Waals surface area contributed by atoms with Gasteiger partial charge in [0.2, 0.25) is 5.91 Å². The van der Waals surface area contributed by atoms with Crippen molar-refractivity contribution in [1.29, 1.82) is 0 Å². The number of carbonyl (C=O) groups is 2. The third-order valence-electron chi connectivity index (χ3n) is 3.70. The maximum absolute atomic E-state index is 12.8. The fourth-order valence-electron chi connectivity index (χ4n) is 2.54. The van der Waals surface area contributed by atoms with Crippen LogP contribution in [0, 0.1) is 5.41 Å². The maximum Gasteiger partial charge on any atom is 0.250 e. The third-order valence-corrected chi connectivity index (χ3v) is 4.19. The van der Waals surface area contributed by atoms with Crippen molar-refractivity contribution in [3.8, 4) is 0 Å². The lowest BCUT2D eigenvalue weighted by molar-refractivity contribution is -0.133. The van der Waals surface area contributed by atoms with Crippen LogP contribution in [0.25, 0.3) is 0 Å². The summed E-state index contributed by atoms with van der Waals surface area (Å²) in [4.78, 5) is 26.4. The molecule has 0 radical (unpaired) electrons. The average molecular weight is 353 g/mol. The molecule has 1 atom stereocenters. The van der Waals surface area contributed by atoms with Crippen LogP contribution in [-0.4, -0.2) is 24.4 Å². The van der Waals surface area contributed by atoms with Crippen LogP contribution in [0.1, 0.15) is 33.3 Å². The second-order valence-corrected chi connectivity index (χ2v) is 7.33. The molecule has 0 aliphatic carbocycles. The summed E-state index contributed by atoms with van der Waals surface area (Å²) in [5, 5.41) is 2.82. The van der Waals surface area contributed by atoms with E-state index in [0.29, 0.717) is 0 Å². The molecule has 0 aromatic heterocycles. The standard InChI is InChI=1S/C16H21BrN2O2/c1-5-10-8-11(17)6-7-12(10)19-9-13(20)18-14(15(19)21)16(2,3)4/h6-8,14H,5,9H2,1-4H3,(H,18,20). The molecule has 2 rings (SSSR count). The number of hydrogen-bond donors (Lipinski definition) is 1. The third kappa shape index (κ3) is 3.28. The van der Waals surface area contributed by atoms with Crippen LogP contribution in [0.15, 0.2) is 22.7 Å². The van der Waals surface area contributed by atoms with Gasteiger partial charge in [0.1, 0.15) is 12.6 Å². The second kappa shape index (κ2) is 5.79. The summed E-state index contributed by atoms with van der Waals surface area (Å²) in [7, 11) is 0. The average Bonchev–Trinajstić information content (AvgIpc) is 2.40. The van der Waals surface area contributed by atoms with Gasteiger partial charge in [-0.25, -0.2) is 0 Å². The Labute approximate surface area is 134 Å². The molecule has 0 spiro atoms. The van der Waals surface area contributed by atoms with E-state index in [1.165, 1.54) is 0 Å². The second-order valence-electron chi connectivity index (χ2n) is 6.42. The van der Waals surface area contributed by atoms with E-state index < -0.39 is 6.04 Å². The van der Waals surface area contributed by atoms with E-state index in [4.69, 9.17) is 0 Å². The van der Waals surface area contributed by atoms with Crippen LogP contribution in [0.2, 0.25) is 0 Å². The first kappa shape index (κ1) is 16.0. The Morgan fingerprint density at radius 2 is 2.00 bits per heavy atom. The van der Waals surface area contributed by atoms with E-state index in [1.54, 1.807) is 4.90 Å². The number of rotatable bonds is 2. The van der Waals surface area contributed by atoms with Gasteiger partial charge in [-0.3, -0.25) is 9.59 Å². The molecule has 1 aromatic carbocycles. The predicted octanol–water partition coefficient (Wildman–Crippen LogP) is 2.89. The van der Waals surface area contributed by atoms with Crippen LogP contribution >= 0.6 is 15.9 Å². The van der Waals surface area contributed by atoms with Crippen LogP contribution in [0.4, 0.5) is 5.69 Å². The van der Waals surface area contributed by atoms with E-state index in [0.717, 1.165) is 22.1 Å². The molecule has 4 nitrogen and oxygen atoms in total. The topological polar surface area (TPSA) is 49.4 Å². The molecule has 21 heavy (non-hydrogen) atoms. The molecule has 1 fully saturated rings. The number of nitrogens with one attached hydrogen (secondary N) is 1. The highest BCUT2D eigenvalue weighted by Crippen LogP contribution is 2.30. The summed E-state index contributed by atoms with van der Waals surface area (Å²) in [5.74, 6) is -0.154. The van der Waals surface area contributed by atoms with Gasteiger partial charge in [-0.15, -0.1) is 0 Å². The lowest BCUT2D eigenvalue weighted by atomic mass is 9.84. The van der Waals surface area contributed by atoms with Gasteiger partial charge in [-0.1, -0.05) is 43.6 Å². The molecule has 1 heterocycles. The summed E-state index contributed by atoms with van der Waals surface area (Å²) in [6, 6.07) is 5.31. The van der Waals surface area contributed by atoms with Gasteiger partial charge in [0, 0.05) is 10.2 Å². The monoisotopic (exact) mass is 352 g/mol. The first-order valence-corrected chi connectivity index (χ1v) is 7.92. The highest BCUT2D eigenvalue weighted by molar-refractivity contribution is 9.10. The smallest absolute Gasteiger partial charge is 0.250 e. The Bertz CT molecular complexity index is 578. The van der Waals surface area contributed by atoms with E-state index in [2.05, 4.69) is 21.2 Å². The number of halogens is 1. The van der Waals surface area contributed by atoms with Crippen molar-refractivity contribution < 1.29 is 9.59 Å². The Balaban J connectivity index is 2.43. The Morgan fingerprint density at radius 1 is 1.33 bits per heavy atom. The van der Waals surface area contributed by atoms with Crippen molar-refractivity contribution in [2.45, 2.75) is 40.2 Å². The predicted molar refractivity (Wildman–Crippen MR) is 87.3 cm³/mol. The van der Waals surface area contributed by atoms with E-state index in [-0.39, 0.29) is 23.8 Å². The highest BCUT2D eigenvalue weighted by Gasteiger charge is 2.40. The number of anilines is 1. The molecule has 0 saturated carbocycles. The Kier molecular flexibility index (Phi) is 4.42. The summed E-state index contributed by atoms with van der Waals surface area (Å²) in [5.41, 5.74) is 1.57. The van der Waals surface area contributed by atoms with Gasteiger partial charge in [-0.2, -0.15) is 0 Å². The molecular weight excluding hydrogens is 332 g/mol. The Morgan fingerprint density at radius 3 is 2.57 bits per heavy atom.